The number of aromatic nitrogens is 2. The van der Waals surface area contributed by atoms with Crippen molar-refractivity contribution in [2.45, 2.75) is 39.2 Å². The lowest BCUT2D eigenvalue weighted by Crippen LogP contribution is -2.48. The van der Waals surface area contributed by atoms with Crippen molar-refractivity contribution in [3.05, 3.63) is 88.2 Å². The Morgan fingerprint density at radius 2 is 1.74 bits per heavy atom. The zero-order chi connectivity index (χ0) is 28.3. The summed E-state index contributed by atoms with van der Waals surface area (Å²) < 4.78 is 19.1. The van der Waals surface area contributed by atoms with Crippen LogP contribution in [0.4, 0.5) is 9.18 Å². The summed E-state index contributed by atoms with van der Waals surface area (Å²) in [7, 11) is 0. The Morgan fingerprint density at radius 3 is 2.38 bits per heavy atom. The minimum Gasteiger partial charge on any atom is -0.417 e. The third-order valence-corrected chi connectivity index (χ3v) is 7.18. The fourth-order valence-electron chi connectivity index (χ4n) is 3.93. The number of amides is 3. The molecule has 3 aromatic rings. The van der Waals surface area contributed by atoms with Gasteiger partial charge < -0.3 is 9.73 Å². The molecule has 4 rings (SSSR count). The molecule has 1 aliphatic rings. The normalized spacial score (nSPS) is 15.7. The third kappa shape index (κ3) is 6.14. The van der Waals surface area contributed by atoms with E-state index in [0.717, 1.165) is 22.2 Å². The van der Waals surface area contributed by atoms with Crippen LogP contribution in [0, 0.1) is 11.7 Å². The molecule has 0 aliphatic carbocycles. The van der Waals surface area contributed by atoms with E-state index < -0.39 is 40.8 Å². The number of carbonyl (C=O) groups is 4. The molecule has 1 atom stereocenters. The molecule has 202 valence electrons. The second-order valence-electron chi connectivity index (χ2n) is 9.88. The summed E-state index contributed by atoms with van der Waals surface area (Å²) in [6, 6.07) is 13.8. The number of imide groups is 1. The molecule has 2 heterocycles. The molecule has 1 unspecified atom stereocenters. The molecule has 1 saturated heterocycles. The van der Waals surface area contributed by atoms with Crippen molar-refractivity contribution in [3.63, 3.8) is 0 Å². The van der Waals surface area contributed by atoms with Crippen LogP contribution < -0.4 is 5.32 Å². The number of thioether (sulfide) groups is 1. The van der Waals surface area contributed by atoms with Crippen molar-refractivity contribution in [2.24, 2.45) is 5.92 Å². The van der Waals surface area contributed by atoms with Gasteiger partial charge in [0, 0.05) is 0 Å². The van der Waals surface area contributed by atoms with Crippen molar-refractivity contribution in [3.8, 4) is 0 Å². The minimum atomic E-state index is -1.04. The topological polar surface area (TPSA) is 122 Å². The molecule has 39 heavy (non-hydrogen) atoms. The Kier molecular flexibility index (Phi) is 8.10. The van der Waals surface area contributed by atoms with E-state index in [2.05, 4.69) is 15.5 Å². The lowest BCUT2D eigenvalue weighted by Gasteiger charge is -2.22. The zero-order valence-corrected chi connectivity index (χ0v) is 22.6. The number of nitrogens with zero attached hydrogens (tertiary/aromatic N) is 3. The third-order valence-electron chi connectivity index (χ3n) is 6.27. The highest BCUT2D eigenvalue weighted by molar-refractivity contribution is 8.18. The molecule has 3 amide bonds. The molecule has 1 N–H and O–H groups in total. The smallest absolute Gasteiger partial charge is 0.294 e. The average Bonchev–Trinajstić information content (AvgIpc) is 3.50. The van der Waals surface area contributed by atoms with Crippen molar-refractivity contribution in [1.29, 1.82) is 0 Å². The van der Waals surface area contributed by atoms with E-state index in [4.69, 9.17) is 4.42 Å². The molecule has 2 aromatic carbocycles. The highest BCUT2D eigenvalue weighted by Gasteiger charge is 2.38. The standard InChI is InChI=1S/C28H27FN4O5S/c1-16(2)22(23(35)24-31-32-26(38-24)28(3,4)18-10-12-19(29)13-11-18)30-21(34)15-33-25(36)20(39-27(33)37)14-17-8-6-5-7-9-17/h5-14,16,22H,15H2,1-4H3,(H,30,34)/b20-14-. The first-order chi connectivity index (χ1) is 18.5. The molecular formula is C28H27FN4O5S. The quantitative estimate of drug-likeness (QED) is 0.303. The maximum atomic E-state index is 13.4. The summed E-state index contributed by atoms with van der Waals surface area (Å²) in [5.41, 5.74) is 0.646. The zero-order valence-electron chi connectivity index (χ0n) is 21.8. The Hall–Kier alpha value is -4.12. The van der Waals surface area contributed by atoms with E-state index in [0.29, 0.717) is 5.56 Å². The van der Waals surface area contributed by atoms with Crippen LogP contribution in [0.15, 0.2) is 63.9 Å². The van der Waals surface area contributed by atoms with Gasteiger partial charge in [0.05, 0.1) is 16.4 Å². The van der Waals surface area contributed by atoms with Crippen molar-refractivity contribution in [2.75, 3.05) is 6.54 Å². The molecule has 1 aliphatic heterocycles. The maximum Gasteiger partial charge on any atom is 0.294 e. The van der Waals surface area contributed by atoms with Crippen LogP contribution in [-0.4, -0.2) is 50.5 Å². The van der Waals surface area contributed by atoms with Crippen LogP contribution in [0.3, 0.4) is 0 Å². The summed E-state index contributed by atoms with van der Waals surface area (Å²) in [5.74, 6) is -2.77. The predicted octanol–water partition coefficient (Wildman–Crippen LogP) is 4.59. The van der Waals surface area contributed by atoms with Gasteiger partial charge in [0.1, 0.15) is 12.4 Å². The molecule has 0 spiro atoms. The Morgan fingerprint density at radius 1 is 1.08 bits per heavy atom. The highest BCUT2D eigenvalue weighted by atomic mass is 32.2. The van der Waals surface area contributed by atoms with Gasteiger partial charge in [0.15, 0.2) is 0 Å². The first kappa shape index (κ1) is 27.9. The number of rotatable bonds is 9. The summed E-state index contributed by atoms with van der Waals surface area (Å²) in [6.07, 6.45) is 1.59. The average molecular weight is 551 g/mol. The Balaban J connectivity index is 1.45. The van der Waals surface area contributed by atoms with Gasteiger partial charge in [-0.3, -0.25) is 24.1 Å². The molecule has 1 aromatic heterocycles. The van der Waals surface area contributed by atoms with Crippen LogP contribution in [0.1, 0.15) is 55.4 Å². The van der Waals surface area contributed by atoms with Gasteiger partial charge in [-0.2, -0.15) is 0 Å². The van der Waals surface area contributed by atoms with Gasteiger partial charge in [-0.15, -0.1) is 10.2 Å². The second kappa shape index (κ2) is 11.3. The summed E-state index contributed by atoms with van der Waals surface area (Å²) >= 11 is 0.748. The monoisotopic (exact) mass is 550 g/mol. The molecular weight excluding hydrogens is 523 g/mol. The second-order valence-corrected chi connectivity index (χ2v) is 10.9. The van der Waals surface area contributed by atoms with Crippen LogP contribution in [0.5, 0.6) is 0 Å². The van der Waals surface area contributed by atoms with Crippen molar-refractivity contribution < 1.29 is 28.0 Å². The van der Waals surface area contributed by atoms with E-state index >= 15 is 0 Å². The fraction of sp³-hybridized carbons (Fsp3) is 0.286. The van der Waals surface area contributed by atoms with Gasteiger partial charge >= 0.3 is 0 Å². The predicted molar refractivity (Wildman–Crippen MR) is 143 cm³/mol. The number of hydrogen-bond donors (Lipinski definition) is 1. The Bertz CT molecular complexity index is 1430. The first-order valence-corrected chi connectivity index (χ1v) is 13.0. The summed E-state index contributed by atoms with van der Waals surface area (Å²) in [5, 5.41) is 9.94. The van der Waals surface area contributed by atoms with Crippen LogP contribution in [0.2, 0.25) is 0 Å². The molecule has 9 nitrogen and oxygen atoms in total. The van der Waals surface area contributed by atoms with Gasteiger partial charge in [-0.25, -0.2) is 4.39 Å². The lowest BCUT2D eigenvalue weighted by atomic mass is 9.84. The van der Waals surface area contributed by atoms with E-state index in [1.807, 2.05) is 18.2 Å². The van der Waals surface area contributed by atoms with E-state index in [1.54, 1.807) is 58.0 Å². The molecule has 1 fully saturated rings. The van der Waals surface area contributed by atoms with Gasteiger partial charge in [-0.1, -0.05) is 56.3 Å². The van der Waals surface area contributed by atoms with E-state index in [1.165, 1.54) is 12.1 Å². The largest absolute Gasteiger partial charge is 0.417 e. The first-order valence-electron chi connectivity index (χ1n) is 12.2. The minimum absolute atomic E-state index is 0.148. The summed E-state index contributed by atoms with van der Waals surface area (Å²) in [6.45, 7) is 6.51. The number of Topliss-reactive ketones (excluding diaryl/α,β-unsaturated/α-hetero) is 1. The van der Waals surface area contributed by atoms with Crippen LogP contribution in [-0.2, 0) is 15.0 Å². The summed E-state index contributed by atoms with van der Waals surface area (Å²) in [4.78, 5) is 52.4. The maximum absolute atomic E-state index is 13.4. The number of carbonyl (C=O) groups excluding carboxylic acids is 4. The van der Waals surface area contributed by atoms with Crippen molar-refractivity contribution >= 4 is 40.7 Å². The SMILES string of the molecule is CC(C)C(NC(=O)CN1C(=O)S/C(=C\c2ccccc2)C1=O)C(=O)c1nnc(C(C)(C)c2ccc(F)cc2)o1. The number of nitrogens with one attached hydrogen (secondary N) is 1. The van der Waals surface area contributed by atoms with Crippen LogP contribution in [0.25, 0.3) is 6.08 Å². The van der Waals surface area contributed by atoms with E-state index in [9.17, 15) is 23.6 Å². The lowest BCUT2D eigenvalue weighted by molar-refractivity contribution is -0.129. The molecule has 0 saturated carbocycles. The Labute approximate surface area is 228 Å². The molecule has 0 radical (unpaired) electrons. The molecule has 0 bridgehead atoms. The number of benzene rings is 2. The van der Waals surface area contributed by atoms with Crippen molar-refractivity contribution in [1.82, 2.24) is 20.4 Å². The number of hydrogen-bond acceptors (Lipinski definition) is 8. The number of halogens is 1. The van der Waals surface area contributed by atoms with Gasteiger partial charge in [-0.05, 0) is 60.9 Å². The fourth-order valence-corrected chi connectivity index (χ4v) is 4.77. The van der Waals surface area contributed by atoms with Gasteiger partial charge in [0.2, 0.25) is 17.6 Å². The molecule has 11 heteroatoms. The number of ketones is 1. The van der Waals surface area contributed by atoms with E-state index in [-0.39, 0.29) is 28.4 Å². The highest BCUT2D eigenvalue weighted by Crippen LogP contribution is 2.32. The van der Waals surface area contributed by atoms with Crippen LogP contribution >= 0.6 is 11.8 Å². The van der Waals surface area contributed by atoms with Gasteiger partial charge in [0.25, 0.3) is 17.0 Å².